The van der Waals surface area contributed by atoms with Crippen molar-refractivity contribution in [2.24, 2.45) is 5.73 Å². The van der Waals surface area contributed by atoms with Gasteiger partial charge >= 0.3 is 51.4 Å². The zero-order valence-electron chi connectivity index (χ0n) is 8.42. The number of rotatable bonds is 1. The molecule has 0 saturated heterocycles. The molecule has 74 valence electrons. The summed E-state index contributed by atoms with van der Waals surface area (Å²) >= 11 is 6.79. The molecular weight excluding hydrogens is 253 g/mol. The first kappa shape index (κ1) is 20.7. The molecule has 0 bridgehead atoms. The third kappa shape index (κ3) is 20.4. The fraction of sp³-hybridized carbons (Fsp3) is 0.111. The Labute approximate surface area is 144 Å². The summed E-state index contributed by atoms with van der Waals surface area (Å²) in [4.78, 5) is 0. The van der Waals surface area contributed by atoms with Crippen molar-refractivity contribution in [3.8, 4) is 10.8 Å². The van der Waals surface area contributed by atoms with E-state index in [4.69, 9.17) is 16.3 Å². The van der Waals surface area contributed by atoms with Gasteiger partial charge in [0.2, 0.25) is 0 Å². The minimum Gasteiger partial charge on any atom is -0.696 e. The van der Waals surface area contributed by atoms with Crippen LogP contribution in [0.15, 0.2) is 30.3 Å². The second-order valence-corrected chi connectivity index (χ2v) is 2.26. The fourth-order valence-electron chi connectivity index (χ4n) is 0.614. The van der Waals surface area contributed by atoms with Crippen molar-refractivity contribution in [2.45, 2.75) is 6.54 Å². The van der Waals surface area contributed by atoms with E-state index in [1.165, 1.54) is 16.4 Å². The molecule has 6 heteroatoms. The Morgan fingerprint density at radius 2 is 1.60 bits per heavy atom. The van der Waals surface area contributed by atoms with Crippen LogP contribution in [0.5, 0.6) is 0 Å². The molecule has 0 aromatic heterocycles. The quantitative estimate of drug-likeness (QED) is 0.282. The maximum absolute atomic E-state index is 7.18. The molecule has 0 fully saturated rings. The van der Waals surface area contributed by atoms with Gasteiger partial charge < -0.3 is 18.4 Å². The van der Waals surface area contributed by atoms with E-state index in [-0.39, 0.29) is 51.4 Å². The van der Waals surface area contributed by atoms with Gasteiger partial charge in [-0.25, -0.2) is 5.26 Å². The number of hydrogen-bond donors (Lipinski definition) is 2. The Balaban J connectivity index is -0.000000177. The van der Waals surface area contributed by atoms with Crippen LogP contribution >= 0.6 is 12.6 Å². The van der Waals surface area contributed by atoms with Crippen LogP contribution in [0.2, 0.25) is 0 Å². The normalized spacial score (nSPS) is 5.87. The molecule has 0 aliphatic carbocycles. The summed E-state index contributed by atoms with van der Waals surface area (Å²) in [6, 6.07) is 9.99. The Morgan fingerprint density at radius 1 is 1.27 bits per heavy atom. The molecule has 0 atom stereocenters. The summed E-state index contributed by atoms with van der Waals surface area (Å²) in [5.41, 5.74) is 6.54. The third-order valence-corrected chi connectivity index (χ3v) is 1.08. The fourth-order valence-corrected chi connectivity index (χ4v) is 0.614. The van der Waals surface area contributed by atoms with E-state index in [1.54, 1.807) is 0 Å². The van der Waals surface area contributed by atoms with Crippen molar-refractivity contribution in [3.05, 3.63) is 35.9 Å². The molecule has 0 heterocycles. The van der Waals surface area contributed by atoms with Crippen LogP contribution in [0.25, 0.3) is 0 Å². The van der Waals surface area contributed by atoms with E-state index in [1.807, 2.05) is 30.3 Å². The van der Waals surface area contributed by atoms with Gasteiger partial charge in [0.15, 0.2) is 0 Å². The van der Waals surface area contributed by atoms with Gasteiger partial charge in [-0.3, -0.25) is 0 Å². The second-order valence-electron chi connectivity index (χ2n) is 1.88. The topological polar surface area (TPSA) is 73.6 Å². The smallest absolute Gasteiger partial charge is 0.696 e. The van der Waals surface area contributed by atoms with Gasteiger partial charge in [0.25, 0.3) is 0 Å². The minimum absolute atomic E-state index is 0. The average Bonchev–Trinajstić information content (AvgIpc) is 2.21. The van der Waals surface area contributed by atoms with Crippen molar-refractivity contribution >= 4 is 25.3 Å². The van der Waals surface area contributed by atoms with Gasteiger partial charge in [0.05, 0.1) is 0 Å². The minimum atomic E-state index is 0. The van der Waals surface area contributed by atoms with Crippen molar-refractivity contribution in [2.75, 3.05) is 0 Å². The van der Waals surface area contributed by atoms with Crippen LogP contribution in [-0.4, -0.2) is 0 Å². The summed E-state index contributed by atoms with van der Waals surface area (Å²) in [5, 5.41) is 17.1. The zero-order chi connectivity index (χ0) is 11.2. The number of nitrogens with zero attached hydrogens (tertiary/aromatic N) is 2. The summed E-state index contributed by atoms with van der Waals surface area (Å²) in [6.45, 7) is 0.640. The van der Waals surface area contributed by atoms with Crippen molar-refractivity contribution < 1.29 is 51.4 Å². The number of thiocyanates is 2. The molecule has 1 rings (SSSR count). The van der Waals surface area contributed by atoms with Gasteiger partial charge in [-0.2, -0.15) is 5.26 Å². The summed E-state index contributed by atoms with van der Waals surface area (Å²) in [7, 11) is 0. The Morgan fingerprint density at radius 3 is 1.80 bits per heavy atom. The summed E-state index contributed by atoms with van der Waals surface area (Å²) in [6.07, 6.45) is 0. The van der Waals surface area contributed by atoms with Gasteiger partial charge in [-0.1, -0.05) is 48.4 Å². The molecule has 1 aromatic carbocycles. The number of nitrogens with two attached hydrogens (primary N) is 1. The van der Waals surface area contributed by atoms with Gasteiger partial charge in [-0.15, -0.1) is 0 Å². The molecule has 0 aliphatic rings. The van der Waals surface area contributed by atoms with E-state index >= 15 is 0 Å². The van der Waals surface area contributed by atoms with E-state index in [0.29, 0.717) is 6.54 Å². The number of benzene rings is 1. The maximum atomic E-state index is 7.18. The third-order valence-electron chi connectivity index (χ3n) is 1.08. The van der Waals surface area contributed by atoms with Crippen LogP contribution in [-0.2, 0) is 19.2 Å². The first-order chi connectivity index (χ1) is 6.76. The number of thiol groups is 1. The Kier molecular flexibility index (Phi) is 27.5. The second kappa shape index (κ2) is 19.9. The molecule has 2 N–H and O–H groups in total. The first-order valence-electron chi connectivity index (χ1n) is 3.55. The van der Waals surface area contributed by atoms with Crippen LogP contribution < -0.4 is 57.1 Å². The zero-order valence-corrected chi connectivity index (χ0v) is 13.3. The van der Waals surface area contributed by atoms with Crippen LogP contribution in [0, 0.1) is 21.3 Å². The largest absolute Gasteiger partial charge is 1.00 e. The average molecular weight is 263 g/mol. The molecule has 0 amide bonds. The van der Waals surface area contributed by atoms with E-state index in [2.05, 4.69) is 25.3 Å². The molecule has 0 aliphatic heterocycles. The van der Waals surface area contributed by atoms with Crippen LogP contribution in [0.4, 0.5) is 0 Å². The predicted octanol–water partition coefficient (Wildman–Crippen LogP) is -1.44. The monoisotopic (exact) mass is 263 g/mol. The molecule has 0 unspecified atom stereocenters. The molecule has 0 radical (unpaired) electrons. The molecule has 3 nitrogen and oxygen atoms in total. The van der Waals surface area contributed by atoms with Crippen molar-refractivity contribution in [1.29, 1.82) is 10.5 Å². The molecule has 0 saturated carbocycles. The van der Waals surface area contributed by atoms with Crippen LogP contribution in [0.1, 0.15) is 5.56 Å². The van der Waals surface area contributed by atoms with Gasteiger partial charge in [-0.05, 0) is 5.56 Å². The molecule has 15 heavy (non-hydrogen) atoms. The predicted molar refractivity (Wildman–Crippen MR) is 61.9 cm³/mol. The number of nitriles is 2. The van der Waals surface area contributed by atoms with E-state index < -0.39 is 0 Å². The Bertz CT molecular complexity index is 280. The standard InChI is InChI=1S/C7H9N.2CHNS.K/c8-6-7-4-2-1-3-5-7;2*2-1-3;/h1-5H,6,8H2;2*3H;/q;;;+1/p-1. The molecular formula is C9H10KN3S2. The number of hydrogen-bond acceptors (Lipinski definition) is 5. The summed E-state index contributed by atoms with van der Waals surface area (Å²) < 4.78 is 0. The molecule has 1 aromatic rings. The Hall–Kier alpha value is 0.366. The summed E-state index contributed by atoms with van der Waals surface area (Å²) in [5.74, 6) is 0. The van der Waals surface area contributed by atoms with Crippen molar-refractivity contribution in [1.82, 2.24) is 0 Å². The van der Waals surface area contributed by atoms with Gasteiger partial charge in [0.1, 0.15) is 5.40 Å². The van der Waals surface area contributed by atoms with Gasteiger partial charge in [0, 0.05) is 6.54 Å². The molecule has 0 spiro atoms. The maximum Gasteiger partial charge on any atom is 1.00 e. The van der Waals surface area contributed by atoms with Crippen molar-refractivity contribution in [3.63, 3.8) is 0 Å². The first-order valence-corrected chi connectivity index (χ1v) is 4.40. The van der Waals surface area contributed by atoms with Crippen LogP contribution in [0.3, 0.4) is 0 Å². The van der Waals surface area contributed by atoms with E-state index in [0.717, 1.165) is 0 Å². The SMILES string of the molecule is N#CS.N#C[S-].NCc1ccccc1.[K+]. The van der Waals surface area contributed by atoms with E-state index in [9.17, 15) is 0 Å².